The highest BCUT2D eigenvalue weighted by Crippen LogP contribution is 2.27. The summed E-state index contributed by atoms with van der Waals surface area (Å²) in [4.78, 5) is 7.43. The van der Waals surface area contributed by atoms with Gasteiger partial charge in [-0.25, -0.2) is 9.37 Å². The molecular weight excluding hydrogens is 223 g/mol. The van der Waals surface area contributed by atoms with Crippen molar-refractivity contribution in [3.8, 4) is 11.4 Å². The van der Waals surface area contributed by atoms with E-state index in [1.165, 1.54) is 6.07 Å². The van der Waals surface area contributed by atoms with Gasteiger partial charge in [0.1, 0.15) is 11.3 Å². The van der Waals surface area contributed by atoms with E-state index in [9.17, 15) is 4.39 Å². The third kappa shape index (κ3) is 1.34. The summed E-state index contributed by atoms with van der Waals surface area (Å²) < 4.78 is 13.5. The summed E-state index contributed by atoms with van der Waals surface area (Å²) in [7, 11) is 0. The summed E-state index contributed by atoms with van der Waals surface area (Å²) in [5.41, 5.74) is 3.34. The van der Waals surface area contributed by atoms with Gasteiger partial charge in [-0.3, -0.25) is 0 Å². The van der Waals surface area contributed by atoms with Crippen molar-refractivity contribution >= 4 is 22.4 Å². The van der Waals surface area contributed by atoms with Crippen LogP contribution >= 0.6 is 11.3 Å². The first-order valence-electron chi connectivity index (χ1n) is 4.93. The van der Waals surface area contributed by atoms with Gasteiger partial charge in [0.15, 0.2) is 5.82 Å². The van der Waals surface area contributed by atoms with E-state index in [1.54, 1.807) is 17.4 Å². The lowest BCUT2D eigenvalue weighted by atomic mass is 10.2. The highest BCUT2D eigenvalue weighted by atomic mass is 32.1. The van der Waals surface area contributed by atoms with Gasteiger partial charge >= 0.3 is 0 Å². The van der Waals surface area contributed by atoms with E-state index in [1.807, 2.05) is 18.4 Å². The number of benzene rings is 1. The molecule has 3 aromatic rings. The number of fused-ring (bicyclic) bond motifs is 1. The van der Waals surface area contributed by atoms with Crippen LogP contribution in [0.15, 0.2) is 29.0 Å². The van der Waals surface area contributed by atoms with Crippen LogP contribution in [0.1, 0.15) is 5.56 Å². The maximum Gasteiger partial charge on any atom is 0.151 e. The maximum atomic E-state index is 13.5. The molecule has 4 heteroatoms. The van der Waals surface area contributed by atoms with Crippen molar-refractivity contribution in [2.24, 2.45) is 0 Å². The first kappa shape index (κ1) is 9.54. The molecule has 1 N–H and O–H groups in total. The Morgan fingerprint density at radius 2 is 2.19 bits per heavy atom. The molecule has 0 saturated carbocycles. The molecule has 0 spiro atoms. The van der Waals surface area contributed by atoms with Crippen molar-refractivity contribution in [2.75, 3.05) is 0 Å². The number of aromatic amines is 1. The molecule has 0 radical (unpaired) electrons. The van der Waals surface area contributed by atoms with Gasteiger partial charge in [-0.2, -0.15) is 11.3 Å². The summed E-state index contributed by atoms with van der Waals surface area (Å²) >= 11 is 1.62. The molecular formula is C12H9FN2S. The third-order valence-electron chi connectivity index (χ3n) is 2.57. The van der Waals surface area contributed by atoms with Crippen LogP contribution in [0, 0.1) is 12.7 Å². The predicted molar refractivity (Wildman–Crippen MR) is 64.1 cm³/mol. The van der Waals surface area contributed by atoms with Gasteiger partial charge in [-0.1, -0.05) is 6.07 Å². The fourth-order valence-corrected chi connectivity index (χ4v) is 2.56. The lowest BCUT2D eigenvalue weighted by Crippen LogP contribution is -1.79. The Labute approximate surface area is 95.8 Å². The van der Waals surface area contributed by atoms with E-state index < -0.39 is 0 Å². The van der Waals surface area contributed by atoms with Crippen molar-refractivity contribution in [3.63, 3.8) is 0 Å². The van der Waals surface area contributed by atoms with E-state index in [2.05, 4.69) is 15.3 Å². The van der Waals surface area contributed by atoms with E-state index in [4.69, 9.17) is 0 Å². The number of nitrogens with one attached hydrogen (secondary N) is 1. The lowest BCUT2D eigenvalue weighted by Gasteiger charge is -1.92. The summed E-state index contributed by atoms with van der Waals surface area (Å²) in [6.07, 6.45) is 0. The van der Waals surface area contributed by atoms with Crippen LogP contribution in [0.3, 0.4) is 0 Å². The molecule has 0 aliphatic carbocycles. The maximum absolute atomic E-state index is 13.5. The number of aromatic nitrogens is 2. The number of hydrogen-bond donors (Lipinski definition) is 1. The van der Waals surface area contributed by atoms with Crippen LogP contribution in [-0.4, -0.2) is 9.97 Å². The molecule has 0 aliphatic heterocycles. The minimum Gasteiger partial charge on any atom is -0.338 e. The van der Waals surface area contributed by atoms with Crippen molar-refractivity contribution in [1.82, 2.24) is 9.97 Å². The van der Waals surface area contributed by atoms with Crippen LogP contribution in [0.5, 0.6) is 0 Å². The molecule has 0 fully saturated rings. The molecule has 0 saturated heterocycles. The van der Waals surface area contributed by atoms with E-state index >= 15 is 0 Å². The van der Waals surface area contributed by atoms with Gasteiger partial charge in [0.25, 0.3) is 0 Å². The van der Waals surface area contributed by atoms with Gasteiger partial charge in [-0.15, -0.1) is 0 Å². The molecule has 2 aromatic heterocycles. The Morgan fingerprint density at radius 1 is 1.31 bits per heavy atom. The van der Waals surface area contributed by atoms with Crippen LogP contribution < -0.4 is 0 Å². The summed E-state index contributed by atoms with van der Waals surface area (Å²) in [6, 6.07) is 4.93. The number of para-hydroxylation sites is 1. The molecule has 2 heterocycles. The second kappa shape index (κ2) is 3.42. The molecule has 3 rings (SSSR count). The average molecular weight is 232 g/mol. The van der Waals surface area contributed by atoms with Crippen molar-refractivity contribution in [1.29, 1.82) is 0 Å². The topological polar surface area (TPSA) is 28.7 Å². The van der Waals surface area contributed by atoms with Gasteiger partial charge in [0.05, 0.1) is 5.52 Å². The number of rotatable bonds is 1. The third-order valence-corrected chi connectivity index (χ3v) is 3.44. The fraction of sp³-hybridized carbons (Fsp3) is 0.0833. The van der Waals surface area contributed by atoms with Crippen molar-refractivity contribution < 1.29 is 4.39 Å². The second-order valence-corrected chi connectivity index (χ2v) is 4.43. The highest BCUT2D eigenvalue weighted by Gasteiger charge is 2.10. The van der Waals surface area contributed by atoms with Gasteiger partial charge < -0.3 is 4.98 Å². The predicted octanol–water partition coefficient (Wildman–Crippen LogP) is 3.74. The SMILES string of the molecule is Cc1cscc1-c1nc2c(F)cccc2[nH]1. The normalized spacial score (nSPS) is 11.1. The number of imidazole rings is 1. The van der Waals surface area contributed by atoms with Crippen molar-refractivity contribution in [2.45, 2.75) is 6.92 Å². The molecule has 0 unspecified atom stereocenters. The largest absolute Gasteiger partial charge is 0.338 e. The molecule has 0 aliphatic rings. The summed E-state index contributed by atoms with van der Waals surface area (Å²) in [6.45, 7) is 2.02. The van der Waals surface area contributed by atoms with Crippen LogP contribution in [0.2, 0.25) is 0 Å². The first-order valence-corrected chi connectivity index (χ1v) is 5.87. The summed E-state index contributed by atoms with van der Waals surface area (Å²) in [5, 5.41) is 4.07. The van der Waals surface area contributed by atoms with Gasteiger partial charge in [-0.05, 0) is 30.0 Å². The molecule has 0 bridgehead atoms. The fourth-order valence-electron chi connectivity index (χ4n) is 1.73. The molecule has 0 atom stereocenters. The van der Waals surface area contributed by atoms with E-state index in [0.717, 1.165) is 22.5 Å². The number of thiophene rings is 1. The number of halogens is 1. The lowest BCUT2D eigenvalue weighted by molar-refractivity contribution is 0.637. The smallest absolute Gasteiger partial charge is 0.151 e. The molecule has 0 amide bonds. The Hall–Kier alpha value is -1.68. The highest BCUT2D eigenvalue weighted by molar-refractivity contribution is 7.08. The number of hydrogen-bond acceptors (Lipinski definition) is 2. The van der Waals surface area contributed by atoms with Crippen LogP contribution in [0.4, 0.5) is 4.39 Å². The Balaban J connectivity index is 2.27. The minimum atomic E-state index is -0.284. The zero-order valence-electron chi connectivity index (χ0n) is 8.62. The number of aryl methyl sites for hydroxylation is 1. The Bertz CT molecular complexity index is 654. The zero-order valence-corrected chi connectivity index (χ0v) is 9.44. The standard InChI is InChI=1S/C12H9FN2S/c1-7-5-16-6-8(7)12-14-10-4-2-3-9(13)11(10)15-12/h2-6H,1H3,(H,14,15). The number of H-pyrrole nitrogens is 1. The second-order valence-electron chi connectivity index (χ2n) is 3.69. The zero-order chi connectivity index (χ0) is 11.1. The van der Waals surface area contributed by atoms with E-state index in [-0.39, 0.29) is 5.82 Å². The molecule has 2 nitrogen and oxygen atoms in total. The summed E-state index contributed by atoms with van der Waals surface area (Å²) in [5.74, 6) is 0.451. The molecule has 16 heavy (non-hydrogen) atoms. The van der Waals surface area contributed by atoms with Gasteiger partial charge in [0, 0.05) is 10.9 Å². The number of nitrogens with zero attached hydrogens (tertiary/aromatic N) is 1. The van der Waals surface area contributed by atoms with Crippen LogP contribution in [0.25, 0.3) is 22.4 Å². The quantitative estimate of drug-likeness (QED) is 0.680. The van der Waals surface area contributed by atoms with E-state index in [0.29, 0.717) is 5.52 Å². The van der Waals surface area contributed by atoms with Crippen molar-refractivity contribution in [3.05, 3.63) is 40.3 Å². The molecule has 80 valence electrons. The average Bonchev–Trinajstić information content (AvgIpc) is 2.84. The Kier molecular flexibility index (Phi) is 2.04. The van der Waals surface area contributed by atoms with Gasteiger partial charge in [0.2, 0.25) is 0 Å². The minimum absolute atomic E-state index is 0.284. The molecule has 1 aromatic carbocycles. The first-order chi connectivity index (χ1) is 7.75. The van der Waals surface area contributed by atoms with Crippen LogP contribution in [-0.2, 0) is 0 Å². The Morgan fingerprint density at radius 3 is 2.88 bits per heavy atom. The monoisotopic (exact) mass is 232 g/mol.